The molecule has 2 aromatic rings. The Balaban J connectivity index is 2.34. The van der Waals surface area contributed by atoms with Crippen molar-refractivity contribution in [3.05, 3.63) is 27.2 Å². The highest BCUT2D eigenvalue weighted by atomic mass is 35.5. The van der Waals surface area contributed by atoms with Crippen molar-refractivity contribution in [3.63, 3.8) is 0 Å². The number of anilines is 2. The number of aromatic nitrogens is 2. The van der Waals surface area contributed by atoms with Crippen molar-refractivity contribution in [2.24, 2.45) is 0 Å². The second-order valence-electron chi connectivity index (χ2n) is 3.38. The lowest BCUT2D eigenvalue weighted by molar-refractivity contribution is 0.398. The lowest BCUT2D eigenvalue weighted by Crippen LogP contribution is -2.04. The van der Waals surface area contributed by atoms with E-state index in [1.54, 1.807) is 12.3 Å². The predicted molar refractivity (Wildman–Crippen MR) is 69.5 cm³/mol. The Morgan fingerprint density at radius 2 is 2.24 bits per heavy atom. The van der Waals surface area contributed by atoms with E-state index < -0.39 is 0 Å². The highest BCUT2D eigenvalue weighted by Crippen LogP contribution is 2.28. The highest BCUT2D eigenvalue weighted by molar-refractivity contribution is 7.15. The van der Waals surface area contributed by atoms with Gasteiger partial charge in [-0.2, -0.15) is 4.98 Å². The van der Waals surface area contributed by atoms with E-state index in [1.165, 1.54) is 18.4 Å². The molecular formula is C10H11ClN4OS. The third-order valence-corrected chi connectivity index (χ3v) is 3.36. The SMILES string of the molecule is COc1cc(Cc2cnc(Cl)s2)c(N)c(N)n1. The van der Waals surface area contributed by atoms with E-state index in [2.05, 4.69) is 9.97 Å². The van der Waals surface area contributed by atoms with Crippen molar-refractivity contribution in [1.29, 1.82) is 0 Å². The Labute approximate surface area is 107 Å². The zero-order valence-electron chi connectivity index (χ0n) is 9.11. The van der Waals surface area contributed by atoms with Crippen LogP contribution < -0.4 is 16.2 Å². The lowest BCUT2D eigenvalue weighted by Gasteiger charge is -2.08. The second kappa shape index (κ2) is 4.77. The smallest absolute Gasteiger partial charge is 0.215 e. The summed E-state index contributed by atoms with van der Waals surface area (Å²) in [5.41, 5.74) is 12.9. The van der Waals surface area contributed by atoms with Crippen LogP contribution in [-0.2, 0) is 6.42 Å². The number of nitrogen functional groups attached to an aromatic ring is 2. The number of nitrogens with two attached hydrogens (primary N) is 2. The molecule has 0 bridgehead atoms. The van der Waals surface area contributed by atoms with Crippen LogP contribution in [0, 0.1) is 0 Å². The van der Waals surface area contributed by atoms with Crippen molar-refractivity contribution >= 4 is 34.4 Å². The molecular weight excluding hydrogens is 260 g/mol. The van der Waals surface area contributed by atoms with Crippen molar-refractivity contribution in [1.82, 2.24) is 9.97 Å². The molecule has 0 unspecified atom stereocenters. The molecule has 0 amide bonds. The van der Waals surface area contributed by atoms with Crippen LogP contribution in [0.25, 0.3) is 0 Å². The van der Waals surface area contributed by atoms with Gasteiger partial charge >= 0.3 is 0 Å². The molecule has 0 atom stereocenters. The minimum Gasteiger partial charge on any atom is -0.481 e. The molecule has 4 N–H and O–H groups in total. The molecule has 5 nitrogen and oxygen atoms in total. The average molecular weight is 271 g/mol. The number of pyridine rings is 1. The number of ether oxygens (including phenoxy) is 1. The maximum atomic E-state index is 5.87. The van der Waals surface area contributed by atoms with Crippen LogP contribution in [0.4, 0.5) is 11.5 Å². The summed E-state index contributed by atoms with van der Waals surface area (Å²) in [7, 11) is 1.53. The Kier molecular flexibility index (Phi) is 3.35. The van der Waals surface area contributed by atoms with E-state index in [0.29, 0.717) is 22.5 Å². The van der Waals surface area contributed by atoms with Crippen molar-refractivity contribution in [2.75, 3.05) is 18.6 Å². The number of halogens is 1. The summed E-state index contributed by atoms with van der Waals surface area (Å²) in [6.45, 7) is 0. The Morgan fingerprint density at radius 3 is 2.82 bits per heavy atom. The normalized spacial score (nSPS) is 10.5. The monoisotopic (exact) mass is 270 g/mol. The number of thiazole rings is 1. The lowest BCUT2D eigenvalue weighted by atomic mass is 10.1. The number of hydrogen-bond donors (Lipinski definition) is 2. The van der Waals surface area contributed by atoms with Crippen LogP contribution in [0.5, 0.6) is 5.88 Å². The van der Waals surface area contributed by atoms with Gasteiger partial charge in [0.15, 0.2) is 10.3 Å². The van der Waals surface area contributed by atoms with Crippen LogP contribution in [-0.4, -0.2) is 17.1 Å². The first-order valence-electron chi connectivity index (χ1n) is 4.79. The maximum Gasteiger partial charge on any atom is 0.215 e. The number of methoxy groups -OCH3 is 1. The molecule has 0 aliphatic carbocycles. The van der Waals surface area contributed by atoms with Gasteiger partial charge in [-0.25, -0.2) is 4.98 Å². The molecule has 0 saturated heterocycles. The molecule has 2 heterocycles. The molecule has 0 saturated carbocycles. The molecule has 2 rings (SSSR count). The van der Waals surface area contributed by atoms with Gasteiger partial charge in [0.1, 0.15) is 0 Å². The Hall–Kier alpha value is -1.53. The average Bonchev–Trinajstić information content (AvgIpc) is 2.70. The quantitative estimate of drug-likeness (QED) is 0.890. The van der Waals surface area contributed by atoms with Gasteiger partial charge in [0, 0.05) is 23.6 Å². The van der Waals surface area contributed by atoms with E-state index in [9.17, 15) is 0 Å². The first-order chi connectivity index (χ1) is 8.10. The van der Waals surface area contributed by atoms with Gasteiger partial charge in [0.05, 0.1) is 12.8 Å². The molecule has 0 aromatic carbocycles. The van der Waals surface area contributed by atoms with Gasteiger partial charge in [-0.1, -0.05) is 11.6 Å². The van der Waals surface area contributed by atoms with E-state index in [4.69, 9.17) is 27.8 Å². The number of nitrogens with zero attached hydrogens (tertiary/aromatic N) is 2. The molecule has 0 fully saturated rings. The van der Waals surface area contributed by atoms with Gasteiger partial charge < -0.3 is 16.2 Å². The molecule has 7 heteroatoms. The summed E-state index contributed by atoms with van der Waals surface area (Å²) >= 11 is 7.18. The Morgan fingerprint density at radius 1 is 1.47 bits per heavy atom. The molecule has 17 heavy (non-hydrogen) atoms. The third-order valence-electron chi connectivity index (χ3n) is 2.25. The van der Waals surface area contributed by atoms with Crippen molar-refractivity contribution in [3.8, 4) is 5.88 Å². The first kappa shape index (κ1) is 11.9. The Bertz CT molecular complexity index is 543. The zero-order valence-corrected chi connectivity index (χ0v) is 10.7. The minimum absolute atomic E-state index is 0.273. The van der Waals surface area contributed by atoms with Crippen LogP contribution in [0.1, 0.15) is 10.4 Å². The van der Waals surface area contributed by atoms with E-state index >= 15 is 0 Å². The summed E-state index contributed by atoms with van der Waals surface area (Å²) in [6, 6.07) is 1.76. The molecule has 90 valence electrons. The molecule has 0 aliphatic heterocycles. The molecule has 2 aromatic heterocycles. The summed E-state index contributed by atoms with van der Waals surface area (Å²) in [5, 5.41) is 0. The minimum atomic E-state index is 0.273. The van der Waals surface area contributed by atoms with Gasteiger partial charge in [0.2, 0.25) is 5.88 Å². The second-order valence-corrected chi connectivity index (χ2v) is 5.08. The van der Waals surface area contributed by atoms with E-state index in [0.717, 1.165) is 10.4 Å². The fourth-order valence-electron chi connectivity index (χ4n) is 1.41. The number of hydrogen-bond acceptors (Lipinski definition) is 6. The zero-order chi connectivity index (χ0) is 12.4. The summed E-state index contributed by atoms with van der Waals surface area (Å²) in [5.74, 6) is 0.720. The fraction of sp³-hybridized carbons (Fsp3) is 0.200. The third kappa shape index (κ3) is 2.59. The van der Waals surface area contributed by atoms with Gasteiger partial charge in [-0.3, -0.25) is 0 Å². The van der Waals surface area contributed by atoms with Crippen LogP contribution in [0.3, 0.4) is 0 Å². The largest absolute Gasteiger partial charge is 0.481 e. The van der Waals surface area contributed by atoms with Gasteiger partial charge in [-0.15, -0.1) is 11.3 Å². The molecule has 0 radical (unpaired) electrons. The topological polar surface area (TPSA) is 87.0 Å². The van der Waals surface area contributed by atoms with Crippen LogP contribution >= 0.6 is 22.9 Å². The highest BCUT2D eigenvalue weighted by Gasteiger charge is 2.10. The summed E-state index contributed by atoms with van der Waals surface area (Å²) in [6.07, 6.45) is 2.33. The maximum absolute atomic E-state index is 5.87. The molecule has 0 spiro atoms. The van der Waals surface area contributed by atoms with Crippen molar-refractivity contribution < 1.29 is 4.74 Å². The predicted octanol–water partition coefficient (Wildman–Crippen LogP) is 1.96. The summed E-state index contributed by atoms with van der Waals surface area (Å²) < 4.78 is 5.56. The first-order valence-corrected chi connectivity index (χ1v) is 5.98. The van der Waals surface area contributed by atoms with Crippen LogP contribution in [0.2, 0.25) is 4.47 Å². The van der Waals surface area contributed by atoms with Gasteiger partial charge in [0.25, 0.3) is 0 Å². The number of rotatable bonds is 3. The van der Waals surface area contributed by atoms with Gasteiger partial charge in [-0.05, 0) is 5.56 Å². The molecule has 0 aliphatic rings. The van der Waals surface area contributed by atoms with Crippen LogP contribution in [0.15, 0.2) is 12.3 Å². The van der Waals surface area contributed by atoms with E-state index in [1.807, 2.05) is 0 Å². The fourth-order valence-corrected chi connectivity index (χ4v) is 2.41. The van der Waals surface area contributed by atoms with Crippen molar-refractivity contribution in [2.45, 2.75) is 6.42 Å². The summed E-state index contributed by atoms with van der Waals surface area (Å²) in [4.78, 5) is 8.97. The van der Waals surface area contributed by atoms with E-state index in [-0.39, 0.29) is 5.82 Å². The standard InChI is InChI=1S/C10H11ClN4OS/c1-16-7-3-5(8(12)9(13)15-7)2-6-4-14-10(11)17-6/h3-4H,2,12H2,1H3,(H2,13,15).